The van der Waals surface area contributed by atoms with Crippen molar-refractivity contribution in [2.45, 2.75) is 25.4 Å². The van der Waals surface area contributed by atoms with E-state index in [0.29, 0.717) is 41.8 Å². The summed E-state index contributed by atoms with van der Waals surface area (Å²) in [6.45, 7) is 1.80. The zero-order valence-electron chi connectivity index (χ0n) is 11.6. The highest BCUT2D eigenvalue weighted by Crippen LogP contribution is 2.22. The van der Waals surface area contributed by atoms with E-state index in [0.717, 1.165) is 12.8 Å². The highest BCUT2D eigenvalue weighted by Gasteiger charge is 2.22. The molecule has 0 spiro atoms. The molecule has 1 fully saturated rings. The molecule has 0 unspecified atom stereocenters. The summed E-state index contributed by atoms with van der Waals surface area (Å²) < 4.78 is 5.27. The molecule has 0 saturated carbocycles. The Hall–Kier alpha value is -0.810. The average molecular weight is 332 g/mol. The van der Waals surface area contributed by atoms with Gasteiger partial charge < -0.3 is 15.2 Å². The van der Waals surface area contributed by atoms with Gasteiger partial charge in [-0.1, -0.05) is 23.2 Å². The van der Waals surface area contributed by atoms with Gasteiger partial charge in [0.05, 0.1) is 16.7 Å². The predicted octanol–water partition coefficient (Wildman–Crippen LogP) is 2.90. The number of carbonyl (C=O) groups excluding carboxylic acids is 1. The Labute approximate surface area is 134 Å². The molecule has 0 aliphatic carbocycles. The molecule has 0 radical (unpaired) electrons. The topological polar surface area (TPSA) is 58.6 Å². The van der Waals surface area contributed by atoms with Gasteiger partial charge in [0.1, 0.15) is 0 Å². The molecule has 1 aromatic carbocycles. The van der Waals surface area contributed by atoms with Gasteiger partial charge in [-0.3, -0.25) is 4.79 Å². The second kappa shape index (κ2) is 7.99. The Morgan fingerprint density at radius 1 is 1.38 bits per heavy atom. The minimum Gasteiger partial charge on any atom is -0.393 e. The molecule has 1 atom stereocenters. The van der Waals surface area contributed by atoms with E-state index in [2.05, 4.69) is 5.32 Å². The van der Waals surface area contributed by atoms with Gasteiger partial charge in [0.15, 0.2) is 0 Å². The first kappa shape index (κ1) is 16.6. The second-order valence-electron chi connectivity index (χ2n) is 5.19. The summed E-state index contributed by atoms with van der Waals surface area (Å²) in [6, 6.07) is 4.76. The Morgan fingerprint density at radius 2 is 2.10 bits per heavy atom. The molecule has 0 bridgehead atoms. The number of hydrogen-bond acceptors (Lipinski definition) is 3. The lowest BCUT2D eigenvalue weighted by atomic mass is 9.92. The van der Waals surface area contributed by atoms with Crippen molar-refractivity contribution >= 4 is 29.1 Å². The van der Waals surface area contributed by atoms with Gasteiger partial charge in [-0.25, -0.2) is 0 Å². The number of hydrogen-bond donors (Lipinski definition) is 2. The van der Waals surface area contributed by atoms with Crippen LogP contribution in [0.2, 0.25) is 10.0 Å². The summed E-state index contributed by atoms with van der Waals surface area (Å²) in [4.78, 5) is 12.0. The lowest BCUT2D eigenvalue weighted by molar-refractivity contribution is 0.00528. The van der Waals surface area contributed by atoms with Gasteiger partial charge in [-0.15, -0.1) is 0 Å². The molecule has 2 rings (SSSR count). The molecule has 1 aliphatic heterocycles. The third kappa shape index (κ3) is 4.85. The van der Waals surface area contributed by atoms with Crippen molar-refractivity contribution < 1.29 is 14.6 Å². The summed E-state index contributed by atoms with van der Waals surface area (Å²) in [5.74, 6) is -0.0212. The quantitative estimate of drug-likeness (QED) is 0.872. The SMILES string of the molecule is O=C(NCC[C@@H](O)C1CCOCC1)c1cc(Cl)ccc1Cl. The van der Waals surface area contributed by atoms with Crippen molar-refractivity contribution in [3.63, 3.8) is 0 Å². The number of carbonyl (C=O) groups is 1. The van der Waals surface area contributed by atoms with Crippen molar-refractivity contribution in [2.24, 2.45) is 5.92 Å². The number of halogens is 2. The Bertz CT molecular complexity index is 490. The lowest BCUT2D eigenvalue weighted by Gasteiger charge is -2.26. The van der Waals surface area contributed by atoms with E-state index in [-0.39, 0.29) is 11.8 Å². The number of rotatable bonds is 5. The Morgan fingerprint density at radius 3 is 2.81 bits per heavy atom. The van der Waals surface area contributed by atoms with Gasteiger partial charge in [-0.2, -0.15) is 0 Å². The highest BCUT2D eigenvalue weighted by molar-refractivity contribution is 6.35. The van der Waals surface area contributed by atoms with E-state index in [1.807, 2.05) is 0 Å². The second-order valence-corrected chi connectivity index (χ2v) is 6.03. The maximum Gasteiger partial charge on any atom is 0.252 e. The van der Waals surface area contributed by atoms with Crippen LogP contribution in [-0.2, 0) is 4.74 Å². The van der Waals surface area contributed by atoms with Crippen LogP contribution in [0, 0.1) is 5.92 Å². The fourth-order valence-corrected chi connectivity index (χ4v) is 2.81. The summed E-state index contributed by atoms with van der Waals surface area (Å²) in [5.41, 5.74) is 0.352. The number of benzene rings is 1. The molecule has 1 amide bonds. The van der Waals surface area contributed by atoms with Crippen LogP contribution >= 0.6 is 23.2 Å². The van der Waals surface area contributed by atoms with Gasteiger partial charge >= 0.3 is 0 Å². The van der Waals surface area contributed by atoms with E-state index in [4.69, 9.17) is 27.9 Å². The summed E-state index contributed by atoms with van der Waals surface area (Å²) in [6.07, 6.45) is 1.85. The smallest absolute Gasteiger partial charge is 0.252 e. The normalized spacial score (nSPS) is 17.5. The van der Waals surface area contributed by atoms with Crippen LogP contribution in [0.15, 0.2) is 18.2 Å². The maximum absolute atomic E-state index is 12.0. The molecule has 1 heterocycles. The first-order valence-electron chi connectivity index (χ1n) is 7.07. The van der Waals surface area contributed by atoms with Crippen LogP contribution in [-0.4, -0.2) is 36.9 Å². The molecule has 4 nitrogen and oxygen atoms in total. The molecule has 6 heteroatoms. The first-order chi connectivity index (χ1) is 10.1. The van der Waals surface area contributed by atoms with E-state index < -0.39 is 6.10 Å². The lowest BCUT2D eigenvalue weighted by Crippen LogP contribution is -2.32. The van der Waals surface area contributed by atoms with Crippen LogP contribution in [0.4, 0.5) is 0 Å². The number of aliphatic hydroxyl groups excluding tert-OH is 1. The standard InChI is InChI=1S/C15H19Cl2NO3/c16-11-1-2-13(17)12(9-11)15(20)18-6-3-14(19)10-4-7-21-8-5-10/h1-2,9-10,14,19H,3-8H2,(H,18,20)/t14-/m1/s1. The summed E-state index contributed by atoms with van der Waals surface area (Å²) in [5, 5.41) is 13.7. The maximum atomic E-state index is 12.0. The van der Waals surface area contributed by atoms with Gasteiger partial charge in [0.25, 0.3) is 5.91 Å². The number of ether oxygens (including phenoxy) is 1. The molecule has 1 aliphatic rings. The van der Waals surface area contributed by atoms with Crippen molar-refractivity contribution in [1.29, 1.82) is 0 Å². The number of amides is 1. The minimum atomic E-state index is -0.413. The number of nitrogens with one attached hydrogen (secondary N) is 1. The average Bonchev–Trinajstić information content (AvgIpc) is 2.50. The van der Waals surface area contributed by atoms with Gasteiger partial charge in [0, 0.05) is 24.8 Å². The monoisotopic (exact) mass is 331 g/mol. The molecule has 0 aromatic heterocycles. The van der Waals surface area contributed by atoms with Crippen molar-refractivity contribution in [2.75, 3.05) is 19.8 Å². The Balaban J connectivity index is 1.79. The summed E-state index contributed by atoms with van der Waals surface area (Å²) in [7, 11) is 0. The van der Waals surface area contributed by atoms with Crippen LogP contribution in [0.3, 0.4) is 0 Å². The third-order valence-electron chi connectivity index (χ3n) is 3.71. The molecule has 1 aromatic rings. The molecule has 1 saturated heterocycles. The fraction of sp³-hybridized carbons (Fsp3) is 0.533. The molecule has 2 N–H and O–H groups in total. The van der Waals surface area contributed by atoms with Crippen LogP contribution in [0.5, 0.6) is 0 Å². The molecular formula is C15H19Cl2NO3. The molecule has 21 heavy (non-hydrogen) atoms. The van der Waals surface area contributed by atoms with Gasteiger partial charge in [0.2, 0.25) is 0 Å². The third-order valence-corrected chi connectivity index (χ3v) is 4.27. The van der Waals surface area contributed by atoms with Gasteiger partial charge in [-0.05, 0) is 43.4 Å². The highest BCUT2D eigenvalue weighted by atomic mass is 35.5. The van der Waals surface area contributed by atoms with Crippen molar-refractivity contribution in [3.8, 4) is 0 Å². The minimum absolute atomic E-state index is 0.255. The van der Waals surface area contributed by atoms with Crippen LogP contribution in [0.1, 0.15) is 29.6 Å². The molecule has 116 valence electrons. The first-order valence-corrected chi connectivity index (χ1v) is 7.82. The fourth-order valence-electron chi connectivity index (χ4n) is 2.44. The predicted molar refractivity (Wildman–Crippen MR) is 83.0 cm³/mol. The molecular weight excluding hydrogens is 313 g/mol. The van der Waals surface area contributed by atoms with E-state index in [1.54, 1.807) is 12.1 Å². The van der Waals surface area contributed by atoms with Crippen LogP contribution in [0.25, 0.3) is 0 Å². The van der Waals surface area contributed by atoms with E-state index in [1.165, 1.54) is 6.07 Å². The van der Waals surface area contributed by atoms with Crippen LogP contribution < -0.4 is 5.32 Å². The number of aliphatic hydroxyl groups is 1. The zero-order valence-corrected chi connectivity index (χ0v) is 13.2. The summed E-state index contributed by atoms with van der Waals surface area (Å²) >= 11 is 11.8. The van der Waals surface area contributed by atoms with E-state index >= 15 is 0 Å². The van der Waals surface area contributed by atoms with Crippen molar-refractivity contribution in [3.05, 3.63) is 33.8 Å². The Kier molecular flexibility index (Phi) is 6.30. The van der Waals surface area contributed by atoms with E-state index in [9.17, 15) is 9.90 Å². The van der Waals surface area contributed by atoms with Crippen molar-refractivity contribution in [1.82, 2.24) is 5.32 Å². The zero-order chi connectivity index (χ0) is 15.2. The largest absolute Gasteiger partial charge is 0.393 e.